The second kappa shape index (κ2) is 12.6. The number of nitrogens with one attached hydrogen (secondary N) is 1. The maximum absolute atomic E-state index is 13.5. The lowest BCUT2D eigenvalue weighted by molar-refractivity contribution is -0.137. The minimum Gasteiger partial charge on any atom is -0.497 e. The lowest BCUT2D eigenvalue weighted by atomic mass is 10.0. The molecule has 0 saturated carbocycles. The smallest absolute Gasteiger partial charge is 0.416 e. The lowest BCUT2D eigenvalue weighted by Crippen LogP contribution is -2.50. The Morgan fingerprint density at radius 3 is 2.19 bits per heavy atom. The van der Waals surface area contributed by atoms with E-state index in [1.807, 2.05) is 37.3 Å². The minimum atomic E-state index is -4.48. The topological polar surface area (TPSA) is 79.8 Å². The van der Waals surface area contributed by atoms with Crippen molar-refractivity contribution < 1.29 is 27.4 Å². The Kier molecular flexibility index (Phi) is 8.70. The maximum Gasteiger partial charge on any atom is 0.416 e. The maximum atomic E-state index is 13.5. The third-order valence-electron chi connectivity index (χ3n) is 7.33. The number of aryl methyl sites for hydroxylation is 1. The number of ether oxygens (including phenoxy) is 2. The number of halogens is 3. The number of hydrogen-bond acceptors (Lipinski definition) is 6. The average Bonchev–Trinajstić information content (AvgIpc) is 3.02. The highest BCUT2D eigenvalue weighted by molar-refractivity contribution is 5.90. The second-order valence-electron chi connectivity index (χ2n) is 10.2. The van der Waals surface area contributed by atoms with Gasteiger partial charge in [0.1, 0.15) is 17.3 Å². The summed E-state index contributed by atoms with van der Waals surface area (Å²) in [5.41, 5.74) is 2.73. The molecule has 0 unspecified atom stereocenters. The molecule has 0 atom stereocenters. The van der Waals surface area contributed by atoms with E-state index < -0.39 is 11.7 Å². The van der Waals surface area contributed by atoms with E-state index in [4.69, 9.17) is 14.5 Å². The molecule has 1 aliphatic rings. The zero-order valence-corrected chi connectivity index (χ0v) is 24.1. The van der Waals surface area contributed by atoms with Crippen LogP contribution < -0.4 is 19.7 Å². The zero-order valence-electron chi connectivity index (χ0n) is 24.1. The fourth-order valence-electron chi connectivity index (χ4n) is 5.02. The molecule has 1 aromatic heterocycles. The zero-order chi connectivity index (χ0) is 30.6. The molecule has 224 valence electrons. The number of piperazine rings is 1. The van der Waals surface area contributed by atoms with Crippen molar-refractivity contribution in [1.29, 1.82) is 0 Å². The van der Waals surface area contributed by atoms with Gasteiger partial charge in [0.2, 0.25) is 0 Å². The largest absolute Gasteiger partial charge is 0.497 e. The molecule has 4 aromatic rings. The van der Waals surface area contributed by atoms with E-state index in [1.165, 1.54) is 6.07 Å². The molecule has 2 amide bonds. The van der Waals surface area contributed by atoms with E-state index in [0.29, 0.717) is 61.3 Å². The number of aromatic nitrogens is 2. The quantitative estimate of drug-likeness (QED) is 0.267. The number of hydrogen-bond donors (Lipinski definition) is 1. The number of anilines is 2. The van der Waals surface area contributed by atoms with Crippen molar-refractivity contribution in [3.05, 3.63) is 95.2 Å². The lowest BCUT2D eigenvalue weighted by Gasteiger charge is -2.36. The Morgan fingerprint density at radius 2 is 1.56 bits per heavy atom. The molecule has 1 N–H and O–H groups in total. The van der Waals surface area contributed by atoms with Gasteiger partial charge >= 0.3 is 12.2 Å². The van der Waals surface area contributed by atoms with Crippen LogP contribution in [0.2, 0.25) is 0 Å². The first-order chi connectivity index (χ1) is 20.6. The van der Waals surface area contributed by atoms with Crippen molar-refractivity contribution in [2.24, 2.45) is 0 Å². The molecule has 3 aromatic carbocycles. The van der Waals surface area contributed by atoms with Gasteiger partial charge in [-0.15, -0.1) is 0 Å². The highest BCUT2D eigenvalue weighted by Gasteiger charge is 2.31. The van der Waals surface area contributed by atoms with E-state index in [2.05, 4.69) is 15.2 Å². The van der Waals surface area contributed by atoms with Crippen molar-refractivity contribution in [1.82, 2.24) is 14.9 Å². The summed E-state index contributed by atoms with van der Waals surface area (Å²) < 4.78 is 51.0. The molecule has 5 rings (SSSR count). The minimum absolute atomic E-state index is 0.225. The van der Waals surface area contributed by atoms with Crippen LogP contribution >= 0.6 is 0 Å². The van der Waals surface area contributed by atoms with Crippen LogP contribution in [0.25, 0.3) is 11.4 Å². The highest BCUT2D eigenvalue weighted by Crippen LogP contribution is 2.33. The van der Waals surface area contributed by atoms with Crippen molar-refractivity contribution in [2.75, 3.05) is 50.6 Å². The van der Waals surface area contributed by atoms with Gasteiger partial charge < -0.3 is 24.6 Å². The summed E-state index contributed by atoms with van der Waals surface area (Å²) >= 11 is 0. The fourth-order valence-corrected chi connectivity index (χ4v) is 5.02. The van der Waals surface area contributed by atoms with Crippen molar-refractivity contribution in [3.63, 3.8) is 0 Å². The normalized spacial score (nSPS) is 13.5. The molecule has 1 saturated heterocycles. The molecule has 0 bridgehead atoms. The third-order valence-corrected chi connectivity index (χ3v) is 7.33. The first-order valence-electron chi connectivity index (χ1n) is 13.8. The Bertz CT molecular complexity index is 1570. The Labute approximate surface area is 248 Å². The molecule has 2 heterocycles. The number of nitrogens with zero attached hydrogens (tertiary/aromatic N) is 4. The molecule has 0 aliphatic carbocycles. The van der Waals surface area contributed by atoms with Gasteiger partial charge in [-0.3, -0.25) is 0 Å². The first-order valence-corrected chi connectivity index (χ1v) is 13.8. The highest BCUT2D eigenvalue weighted by atomic mass is 19.4. The van der Waals surface area contributed by atoms with Gasteiger partial charge in [-0.25, -0.2) is 14.8 Å². The molecule has 8 nitrogen and oxygen atoms in total. The Morgan fingerprint density at radius 1 is 0.884 bits per heavy atom. The number of rotatable bonds is 7. The Hall–Kier alpha value is -4.80. The monoisotopic (exact) mass is 591 g/mol. The van der Waals surface area contributed by atoms with Crippen molar-refractivity contribution in [3.8, 4) is 22.9 Å². The number of carbonyl (C=O) groups excluding carboxylic acids is 1. The summed E-state index contributed by atoms with van der Waals surface area (Å²) in [7, 11) is 3.08. The van der Waals surface area contributed by atoms with Gasteiger partial charge in [-0.1, -0.05) is 42.5 Å². The molecule has 11 heteroatoms. The van der Waals surface area contributed by atoms with Crippen LogP contribution in [0.3, 0.4) is 0 Å². The van der Waals surface area contributed by atoms with Gasteiger partial charge in [0.25, 0.3) is 0 Å². The summed E-state index contributed by atoms with van der Waals surface area (Å²) in [5.74, 6) is 1.99. The van der Waals surface area contributed by atoms with Gasteiger partial charge in [0, 0.05) is 73.3 Å². The number of carbonyl (C=O) groups is 1. The first kappa shape index (κ1) is 29.7. The van der Waals surface area contributed by atoms with Gasteiger partial charge in [0.05, 0.1) is 19.8 Å². The predicted octanol–water partition coefficient (Wildman–Crippen LogP) is 6.43. The van der Waals surface area contributed by atoms with Crippen LogP contribution in [0.15, 0.2) is 72.8 Å². The predicted molar refractivity (Wildman–Crippen MR) is 159 cm³/mol. The van der Waals surface area contributed by atoms with Gasteiger partial charge in [0.15, 0.2) is 5.82 Å². The summed E-state index contributed by atoms with van der Waals surface area (Å²) in [6.45, 7) is 3.65. The third kappa shape index (κ3) is 6.99. The number of amides is 2. The summed E-state index contributed by atoms with van der Waals surface area (Å²) in [6, 6.07) is 19.8. The van der Waals surface area contributed by atoms with Crippen LogP contribution in [-0.4, -0.2) is 61.3 Å². The second-order valence-corrected chi connectivity index (χ2v) is 10.2. The van der Waals surface area contributed by atoms with E-state index in [1.54, 1.807) is 43.4 Å². The standard InChI is InChI=1S/C32H32F3N5O3/c1-21-28(16-22-8-5-4-6-9-22)30(38-29(36-21)23-10-7-11-24(17-23)32(33,34)35)39-12-14-40(15-13-39)31(41)37-25-18-26(42-2)20-27(19-25)43-3/h4-11,17-20H,12-16H2,1-3H3,(H,37,41). The summed E-state index contributed by atoms with van der Waals surface area (Å²) in [6.07, 6.45) is -3.92. The van der Waals surface area contributed by atoms with Crippen LogP contribution in [0.5, 0.6) is 11.5 Å². The molecule has 1 aliphatic heterocycles. The Balaban J connectivity index is 1.40. The van der Waals surface area contributed by atoms with Crippen LogP contribution in [0.4, 0.5) is 29.5 Å². The van der Waals surface area contributed by atoms with Crippen LogP contribution in [-0.2, 0) is 12.6 Å². The van der Waals surface area contributed by atoms with E-state index in [0.717, 1.165) is 23.3 Å². The van der Waals surface area contributed by atoms with Gasteiger partial charge in [-0.05, 0) is 24.6 Å². The van der Waals surface area contributed by atoms with Crippen LogP contribution in [0.1, 0.15) is 22.4 Å². The summed E-state index contributed by atoms with van der Waals surface area (Å²) in [4.78, 5) is 26.4. The van der Waals surface area contributed by atoms with Crippen molar-refractivity contribution in [2.45, 2.75) is 19.5 Å². The number of urea groups is 1. The molecule has 43 heavy (non-hydrogen) atoms. The van der Waals surface area contributed by atoms with E-state index >= 15 is 0 Å². The number of methoxy groups -OCH3 is 2. The molecule has 0 spiro atoms. The van der Waals surface area contributed by atoms with Crippen LogP contribution in [0, 0.1) is 6.92 Å². The SMILES string of the molecule is COc1cc(NC(=O)N2CCN(c3nc(-c4cccc(C(F)(F)F)c4)nc(C)c3Cc3ccccc3)CC2)cc(OC)c1. The van der Waals surface area contributed by atoms with E-state index in [-0.39, 0.29) is 17.4 Å². The molecular formula is C32H32F3N5O3. The summed E-state index contributed by atoms with van der Waals surface area (Å²) in [5, 5.41) is 2.91. The molecule has 1 fully saturated rings. The van der Waals surface area contributed by atoms with Crippen molar-refractivity contribution >= 4 is 17.5 Å². The average molecular weight is 592 g/mol. The molecule has 0 radical (unpaired) electrons. The van der Waals surface area contributed by atoms with Gasteiger partial charge in [-0.2, -0.15) is 13.2 Å². The van der Waals surface area contributed by atoms with E-state index in [9.17, 15) is 18.0 Å². The molecular weight excluding hydrogens is 559 g/mol. The number of alkyl halides is 3. The fraction of sp³-hybridized carbons (Fsp3) is 0.281. The number of benzene rings is 3.